The summed E-state index contributed by atoms with van der Waals surface area (Å²) in [5, 5.41) is 0. The summed E-state index contributed by atoms with van der Waals surface area (Å²) >= 11 is 0. The molecule has 0 saturated carbocycles. The summed E-state index contributed by atoms with van der Waals surface area (Å²) in [4.78, 5) is 14.7. The zero-order valence-corrected chi connectivity index (χ0v) is 15.6. The molecule has 0 spiro atoms. The van der Waals surface area contributed by atoms with Crippen LogP contribution in [0.2, 0.25) is 0 Å². The lowest BCUT2D eigenvalue weighted by molar-refractivity contribution is -0.126. The van der Waals surface area contributed by atoms with Gasteiger partial charge in [-0.15, -0.1) is 0 Å². The molecule has 3 rings (SSSR count). The molecule has 0 N–H and O–H groups in total. The molecular weight excluding hydrogens is 326 g/mol. The Morgan fingerprint density at radius 2 is 2.00 bits per heavy atom. The van der Waals surface area contributed by atoms with Crippen LogP contribution in [0.1, 0.15) is 35.6 Å². The average Bonchev–Trinajstić information content (AvgIpc) is 3.15. The van der Waals surface area contributed by atoms with Gasteiger partial charge >= 0.3 is 0 Å². The number of hydrogen-bond acceptors (Lipinski definition) is 3. The molecule has 1 atom stereocenters. The second-order valence-corrected chi connectivity index (χ2v) is 6.55. The molecule has 1 heterocycles. The van der Waals surface area contributed by atoms with Gasteiger partial charge in [0.25, 0.3) is 0 Å². The van der Waals surface area contributed by atoms with Crippen molar-refractivity contribution in [3.8, 4) is 11.5 Å². The van der Waals surface area contributed by atoms with Gasteiger partial charge in [0.2, 0.25) is 5.91 Å². The third-order valence-corrected chi connectivity index (χ3v) is 4.80. The van der Waals surface area contributed by atoms with Crippen molar-refractivity contribution >= 4 is 12.0 Å². The lowest BCUT2D eigenvalue weighted by atomic mass is 10.0. The van der Waals surface area contributed by atoms with Crippen molar-refractivity contribution in [1.29, 1.82) is 0 Å². The van der Waals surface area contributed by atoms with Crippen LogP contribution in [0, 0.1) is 6.92 Å². The van der Waals surface area contributed by atoms with E-state index in [1.165, 1.54) is 5.56 Å². The molecule has 1 amide bonds. The Kier molecular flexibility index (Phi) is 5.61. The first-order valence-corrected chi connectivity index (χ1v) is 8.89. The highest BCUT2D eigenvalue weighted by molar-refractivity contribution is 5.92. The number of benzene rings is 2. The molecular formula is C22H25NO3. The second-order valence-electron chi connectivity index (χ2n) is 6.55. The Morgan fingerprint density at radius 1 is 1.15 bits per heavy atom. The van der Waals surface area contributed by atoms with Crippen molar-refractivity contribution in [3.63, 3.8) is 0 Å². The minimum absolute atomic E-state index is 0.0329. The zero-order valence-electron chi connectivity index (χ0n) is 15.6. The third kappa shape index (κ3) is 3.90. The molecule has 0 aromatic heterocycles. The molecule has 4 nitrogen and oxygen atoms in total. The Hall–Kier alpha value is -2.75. The minimum atomic E-state index is 0.0329. The number of carbonyl (C=O) groups excluding carboxylic acids is 1. The topological polar surface area (TPSA) is 38.8 Å². The van der Waals surface area contributed by atoms with Gasteiger partial charge in [-0.25, -0.2) is 0 Å². The van der Waals surface area contributed by atoms with Crippen LogP contribution in [-0.4, -0.2) is 31.6 Å². The van der Waals surface area contributed by atoms with Crippen molar-refractivity contribution < 1.29 is 14.3 Å². The van der Waals surface area contributed by atoms with Crippen LogP contribution in [0.25, 0.3) is 6.08 Å². The summed E-state index contributed by atoms with van der Waals surface area (Å²) in [6.45, 7) is 2.81. The Bertz CT molecular complexity index is 813. The van der Waals surface area contributed by atoms with E-state index in [1.807, 2.05) is 54.3 Å². The van der Waals surface area contributed by atoms with E-state index >= 15 is 0 Å². The van der Waals surface area contributed by atoms with Gasteiger partial charge in [0.15, 0.2) is 0 Å². The van der Waals surface area contributed by atoms with Crippen LogP contribution in [-0.2, 0) is 4.79 Å². The highest BCUT2D eigenvalue weighted by Gasteiger charge is 2.30. The normalized spacial score (nSPS) is 16.9. The maximum Gasteiger partial charge on any atom is 0.247 e. The molecule has 1 fully saturated rings. The fourth-order valence-electron chi connectivity index (χ4n) is 3.48. The Morgan fingerprint density at radius 3 is 2.73 bits per heavy atom. The molecule has 1 saturated heterocycles. The third-order valence-electron chi connectivity index (χ3n) is 4.80. The number of carbonyl (C=O) groups is 1. The first-order valence-electron chi connectivity index (χ1n) is 8.89. The molecule has 4 heteroatoms. The number of aryl methyl sites for hydroxylation is 1. The molecule has 0 bridgehead atoms. The highest BCUT2D eigenvalue weighted by atomic mass is 16.5. The van der Waals surface area contributed by atoms with Crippen LogP contribution in [0.5, 0.6) is 11.5 Å². The van der Waals surface area contributed by atoms with E-state index < -0.39 is 0 Å². The molecule has 2 aromatic carbocycles. The molecule has 1 aliphatic heterocycles. The van der Waals surface area contributed by atoms with Crippen molar-refractivity contribution in [2.45, 2.75) is 25.8 Å². The smallest absolute Gasteiger partial charge is 0.247 e. The molecule has 0 unspecified atom stereocenters. The Balaban J connectivity index is 1.80. The second kappa shape index (κ2) is 8.09. The van der Waals surface area contributed by atoms with Crippen LogP contribution in [0.4, 0.5) is 0 Å². The number of nitrogens with zero attached hydrogens (tertiary/aromatic N) is 1. The Labute approximate surface area is 155 Å². The quantitative estimate of drug-likeness (QED) is 0.750. The fraction of sp³-hybridized carbons (Fsp3) is 0.318. The van der Waals surface area contributed by atoms with Crippen LogP contribution >= 0.6 is 0 Å². The van der Waals surface area contributed by atoms with E-state index in [0.29, 0.717) is 0 Å². The van der Waals surface area contributed by atoms with E-state index in [2.05, 4.69) is 6.07 Å². The number of likely N-dealkylation sites (tertiary alicyclic amines) is 1. The first kappa shape index (κ1) is 18.1. The zero-order chi connectivity index (χ0) is 18.5. The van der Waals surface area contributed by atoms with Gasteiger partial charge < -0.3 is 14.4 Å². The van der Waals surface area contributed by atoms with Gasteiger partial charge in [0, 0.05) is 24.3 Å². The maximum absolute atomic E-state index is 12.8. The van der Waals surface area contributed by atoms with E-state index in [9.17, 15) is 4.79 Å². The summed E-state index contributed by atoms with van der Waals surface area (Å²) in [6.07, 6.45) is 5.48. The van der Waals surface area contributed by atoms with Gasteiger partial charge in [0.1, 0.15) is 11.5 Å². The predicted octanol–water partition coefficient (Wildman–Crippen LogP) is 4.39. The largest absolute Gasteiger partial charge is 0.497 e. The number of hydrogen-bond donors (Lipinski definition) is 0. The minimum Gasteiger partial charge on any atom is -0.497 e. The lowest BCUT2D eigenvalue weighted by Crippen LogP contribution is -2.29. The number of methoxy groups -OCH3 is 2. The summed E-state index contributed by atoms with van der Waals surface area (Å²) in [6, 6.07) is 13.9. The van der Waals surface area contributed by atoms with Crippen molar-refractivity contribution in [1.82, 2.24) is 4.90 Å². The number of rotatable bonds is 5. The SMILES string of the molecule is COc1ccc([C@@H]2CCCN2C(=O)/C=C/c2cccc(C)c2)c(OC)c1. The molecule has 1 aliphatic rings. The van der Waals surface area contributed by atoms with Gasteiger partial charge in [-0.1, -0.05) is 29.8 Å². The van der Waals surface area contributed by atoms with E-state index in [4.69, 9.17) is 9.47 Å². The molecule has 2 aromatic rings. The van der Waals surface area contributed by atoms with Crippen molar-refractivity contribution in [2.24, 2.45) is 0 Å². The van der Waals surface area contributed by atoms with Crippen molar-refractivity contribution in [3.05, 3.63) is 65.2 Å². The van der Waals surface area contributed by atoms with Crippen LogP contribution in [0.3, 0.4) is 0 Å². The molecule has 0 aliphatic carbocycles. The van der Waals surface area contributed by atoms with E-state index in [1.54, 1.807) is 20.3 Å². The van der Waals surface area contributed by atoms with E-state index in [0.717, 1.165) is 42.0 Å². The summed E-state index contributed by atoms with van der Waals surface area (Å²) in [7, 11) is 3.28. The molecule has 0 radical (unpaired) electrons. The van der Waals surface area contributed by atoms with Gasteiger partial charge in [-0.2, -0.15) is 0 Å². The molecule has 136 valence electrons. The summed E-state index contributed by atoms with van der Waals surface area (Å²) < 4.78 is 10.8. The lowest BCUT2D eigenvalue weighted by Gasteiger charge is -2.25. The predicted molar refractivity (Wildman–Crippen MR) is 103 cm³/mol. The van der Waals surface area contributed by atoms with Crippen LogP contribution < -0.4 is 9.47 Å². The van der Waals surface area contributed by atoms with E-state index in [-0.39, 0.29) is 11.9 Å². The summed E-state index contributed by atoms with van der Waals surface area (Å²) in [5.41, 5.74) is 3.25. The standard InChI is InChI=1S/C22H25NO3/c1-16-6-4-7-17(14-16)9-12-22(24)23-13-5-8-20(23)19-11-10-18(25-2)15-21(19)26-3/h4,6-7,9-12,14-15,20H,5,8,13H2,1-3H3/b12-9+/t20-/m0/s1. The maximum atomic E-state index is 12.8. The van der Waals surface area contributed by atoms with Crippen molar-refractivity contribution in [2.75, 3.05) is 20.8 Å². The number of amides is 1. The number of ether oxygens (including phenoxy) is 2. The van der Waals surface area contributed by atoms with Crippen LogP contribution in [0.15, 0.2) is 48.5 Å². The fourth-order valence-corrected chi connectivity index (χ4v) is 3.48. The first-order chi connectivity index (χ1) is 12.6. The average molecular weight is 351 g/mol. The highest BCUT2D eigenvalue weighted by Crippen LogP contribution is 2.38. The summed E-state index contributed by atoms with van der Waals surface area (Å²) in [5.74, 6) is 1.55. The van der Waals surface area contributed by atoms with Gasteiger partial charge in [0.05, 0.1) is 20.3 Å². The monoisotopic (exact) mass is 351 g/mol. The molecule has 26 heavy (non-hydrogen) atoms. The van der Waals surface area contributed by atoms with Gasteiger partial charge in [-0.05, 0) is 43.5 Å². The van der Waals surface area contributed by atoms with Gasteiger partial charge in [-0.3, -0.25) is 4.79 Å².